The molecule has 0 radical (unpaired) electrons. The van der Waals surface area contributed by atoms with Gasteiger partial charge in [0.05, 0.1) is 25.5 Å². The third kappa shape index (κ3) is 3.88. The summed E-state index contributed by atoms with van der Waals surface area (Å²) in [7, 11) is 1.68. The summed E-state index contributed by atoms with van der Waals surface area (Å²) in [6.07, 6.45) is 9.11. The predicted octanol–water partition coefficient (Wildman–Crippen LogP) is 3.38. The normalized spacial score (nSPS) is 21.1. The second kappa shape index (κ2) is 7.58. The second-order valence-electron chi connectivity index (χ2n) is 7.10. The van der Waals surface area contributed by atoms with Crippen molar-refractivity contribution in [1.82, 2.24) is 14.9 Å². The fraction of sp³-hybridized carbons (Fsp3) is 0.550. The van der Waals surface area contributed by atoms with Crippen LogP contribution in [0, 0.1) is 0 Å². The number of benzene rings is 1. The van der Waals surface area contributed by atoms with Gasteiger partial charge >= 0.3 is 0 Å². The summed E-state index contributed by atoms with van der Waals surface area (Å²) in [4.78, 5) is 4.74. The standard InChI is InChI=1S/C20H27N3O2/c1-24-17-9-7-15(8-10-17)19-13-23-12-18(25-14-20(23)22-19)11-21-16-5-3-2-4-6-16/h7-10,13,16,18,21H,2-6,11-12,14H2,1H3/t18-/m0/s1. The zero-order valence-electron chi connectivity index (χ0n) is 14.9. The first-order valence-electron chi connectivity index (χ1n) is 9.37. The lowest BCUT2D eigenvalue weighted by atomic mass is 9.95. The fourth-order valence-electron chi connectivity index (χ4n) is 3.82. The van der Waals surface area contributed by atoms with Gasteiger partial charge in [0.1, 0.15) is 18.2 Å². The monoisotopic (exact) mass is 341 g/mol. The van der Waals surface area contributed by atoms with Gasteiger partial charge in [0.15, 0.2) is 0 Å². The van der Waals surface area contributed by atoms with E-state index >= 15 is 0 Å². The molecule has 1 aromatic carbocycles. The third-order valence-electron chi connectivity index (χ3n) is 5.33. The smallest absolute Gasteiger partial charge is 0.135 e. The van der Waals surface area contributed by atoms with Crippen LogP contribution >= 0.6 is 0 Å². The summed E-state index contributed by atoms with van der Waals surface area (Å²) in [5, 5.41) is 3.70. The minimum atomic E-state index is 0.229. The molecule has 2 aromatic rings. The van der Waals surface area contributed by atoms with E-state index in [1.165, 1.54) is 32.1 Å². The molecule has 1 N–H and O–H groups in total. The largest absolute Gasteiger partial charge is 0.497 e. The number of fused-ring (bicyclic) bond motifs is 1. The Morgan fingerprint density at radius 3 is 2.76 bits per heavy atom. The molecule has 2 aliphatic rings. The van der Waals surface area contributed by atoms with Gasteiger partial charge in [0, 0.05) is 24.3 Å². The van der Waals surface area contributed by atoms with Gasteiger partial charge in [-0.2, -0.15) is 0 Å². The Kier molecular flexibility index (Phi) is 5.04. The summed E-state index contributed by atoms with van der Waals surface area (Å²) in [5.41, 5.74) is 2.11. The van der Waals surface area contributed by atoms with Crippen molar-refractivity contribution >= 4 is 0 Å². The van der Waals surface area contributed by atoms with E-state index in [1.807, 2.05) is 12.1 Å². The quantitative estimate of drug-likeness (QED) is 0.906. The minimum Gasteiger partial charge on any atom is -0.497 e. The van der Waals surface area contributed by atoms with Crippen molar-refractivity contribution in [2.75, 3.05) is 13.7 Å². The number of aromatic nitrogens is 2. The average molecular weight is 341 g/mol. The Labute approximate surface area is 149 Å². The summed E-state index contributed by atoms with van der Waals surface area (Å²) in [5.74, 6) is 1.88. The SMILES string of the molecule is COc1ccc(-c2cn3c(n2)CO[C@@H](CNC2CCCCC2)C3)cc1. The van der Waals surface area contributed by atoms with E-state index in [-0.39, 0.29) is 6.10 Å². The fourth-order valence-corrected chi connectivity index (χ4v) is 3.82. The number of methoxy groups -OCH3 is 1. The lowest BCUT2D eigenvalue weighted by Crippen LogP contribution is -2.41. The van der Waals surface area contributed by atoms with Gasteiger partial charge in [-0.3, -0.25) is 0 Å². The third-order valence-corrected chi connectivity index (χ3v) is 5.33. The zero-order valence-corrected chi connectivity index (χ0v) is 14.9. The Hall–Kier alpha value is -1.85. The highest BCUT2D eigenvalue weighted by Gasteiger charge is 2.22. The first kappa shape index (κ1) is 16.6. The lowest BCUT2D eigenvalue weighted by molar-refractivity contribution is 0.000876. The van der Waals surface area contributed by atoms with Crippen molar-refractivity contribution in [2.45, 2.75) is 57.4 Å². The van der Waals surface area contributed by atoms with Crippen molar-refractivity contribution in [3.8, 4) is 17.0 Å². The summed E-state index contributed by atoms with van der Waals surface area (Å²) >= 11 is 0. The van der Waals surface area contributed by atoms with E-state index < -0.39 is 0 Å². The molecule has 0 spiro atoms. The molecule has 5 heteroatoms. The van der Waals surface area contributed by atoms with Crippen molar-refractivity contribution in [3.05, 3.63) is 36.3 Å². The van der Waals surface area contributed by atoms with E-state index in [2.05, 4.69) is 28.2 Å². The predicted molar refractivity (Wildman–Crippen MR) is 97.7 cm³/mol. The minimum absolute atomic E-state index is 0.229. The van der Waals surface area contributed by atoms with Gasteiger partial charge in [0.25, 0.3) is 0 Å². The molecule has 0 bridgehead atoms. The highest BCUT2D eigenvalue weighted by molar-refractivity contribution is 5.59. The lowest BCUT2D eigenvalue weighted by Gasteiger charge is -2.28. The summed E-state index contributed by atoms with van der Waals surface area (Å²) < 4.78 is 13.5. The van der Waals surface area contributed by atoms with E-state index in [1.54, 1.807) is 7.11 Å². The molecule has 5 nitrogen and oxygen atoms in total. The summed E-state index contributed by atoms with van der Waals surface area (Å²) in [6.45, 7) is 2.39. The molecule has 1 atom stereocenters. The number of hydrogen-bond donors (Lipinski definition) is 1. The maximum absolute atomic E-state index is 6.02. The molecule has 4 rings (SSSR count). The number of imidazole rings is 1. The molecule has 1 fully saturated rings. The highest BCUT2D eigenvalue weighted by Crippen LogP contribution is 2.24. The molecule has 1 aliphatic carbocycles. The van der Waals surface area contributed by atoms with Crippen LogP contribution in [0.3, 0.4) is 0 Å². The van der Waals surface area contributed by atoms with Crippen molar-refractivity contribution < 1.29 is 9.47 Å². The van der Waals surface area contributed by atoms with Crippen molar-refractivity contribution in [3.63, 3.8) is 0 Å². The van der Waals surface area contributed by atoms with E-state index in [4.69, 9.17) is 14.5 Å². The van der Waals surface area contributed by atoms with Crippen molar-refractivity contribution in [1.29, 1.82) is 0 Å². The van der Waals surface area contributed by atoms with Crippen LogP contribution < -0.4 is 10.1 Å². The summed E-state index contributed by atoms with van der Waals surface area (Å²) in [6, 6.07) is 8.73. The molecule has 0 unspecified atom stereocenters. The van der Waals surface area contributed by atoms with E-state index in [0.29, 0.717) is 12.6 Å². The Balaban J connectivity index is 1.38. The highest BCUT2D eigenvalue weighted by atomic mass is 16.5. The first-order valence-corrected chi connectivity index (χ1v) is 9.37. The van der Waals surface area contributed by atoms with E-state index in [9.17, 15) is 0 Å². The molecule has 1 aromatic heterocycles. The van der Waals surface area contributed by atoms with Gasteiger partial charge in [-0.05, 0) is 37.1 Å². The molecule has 25 heavy (non-hydrogen) atoms. The Bertz CT molecular complexity index is 689. The van der Waals surface area contributed by atoms with Crippen LogP contribution in [-0.2, 0) is 17.9 Å². The zero-order chi connectivity index (χ0) is 17.1. The van der Waals surface area contributed by atoms with Crippen molar-refractivity contribution in [2.24, 2.45) is 0 Å². The first-order chi connectivity index (χ1) is 12.3. The molecule has 1 saturated carbocycles. The number of ether oxygens (including phenoxy) is 2. The Morgan fingerprint density at radius 2 is 2.00 bits per heavy atom. The van der Waals surface area contributed by atoms with Crippen LogP contribution in [0.2, 0.25) is 0 Å². The number of nitrogens with zero attached hydrogens (tertiary/aromatic N) is 2. The molecule has 0 amide bonds. The maximum Gasteiger partial charge on any atom is 0.135 e. The number of rotatable bonds is 5. The number of nitrogens with one attached hydrogen (secondary N) is 1. The van der Waals surface area contributed by atoms with Gasteiger partial charge in [0.2, 0.25) is 0 Å². The molecule has 2 heterocycles. The molecular formula is C20H27N3O2. The van der Waals surface area contributed by atoms with Crippen LogP contribution in [0.1, 0.15) is 37.9 Å². The van der Waals surface area contributed by atoms with Crippen LogP contribution in [0.15, 0.2) is 30.5 Å². The van der Waals surface area contributed by atoms with Crippen LogP contribution in [0.25, 0.3) is 11.3 Å². The van der Waals surface area contributed by atoms with E-state index in [0.717, 1.165) is 35.9 Å². The van der Waals surface area contributed by atoms with Gasteiger partial charge in [-0.15, -0.1) is 0 Å². The van der Waals surface area contributed by atoms with Crippen LogP contribution in [0.4, 0.5) is 0 Å². The maximum atomic E-state index is 6.02. The molecular weight excluding hydrogens is 314 g/mol. The molecule has 134 valence electrons. The number of hydrogen-bond acceptors (Lipinski definition) is 4. The molecule has 0 saturated heterocycles. The van der Waals surface area contributed by atoms with Gasteiger partial charge < -0.3 is 19.4 Å². The average Bonchev–Trinajstić information content (AvgIpc) is 3.10. The van der Waals surface area contributed by atoms with Crippen LogP contribution in [0.5, 0.6) is 5.75 Å². The topological polar surface area (TPSA) is 48.3 Å². The molecule has 1 aliphatic heterocycles. The van der Waals surface area contributed by atoms with Crippen LogP contribution in [-0.4, -0.2) is 35.4 Å². The van der Waals surface area contributed by atoms with Gasteiger partial charge in [-0.1, -0.05) is 19.3 Å². The Morgan fingerprint density at radius 1 is 1.20 bits per heavy atom. The van der Waals surface area contributed by atoms with Gasteiger partial charge in [-0.25, -0.2) is 4.98 Å². The second-order valence-corrected chi connectivity index (χ2v) is 7.10.